The lowest BCUT2D eigenvalue weighted by molar-refractivity contribution is 0.994. The molecule has 2 N–H and O–H groups in total. The number of rotatable bonds is 6. The first kappa shape index (κ1) is 17.4. The summed E-state index contributed by atoms with van der Waals surface area (Å²) in [5.74, 6) is 1.44. The number of hydrogen-bond donors (Lipinski definition) is 2. The first-order chi connectivity index (χ1) is 12.1. The second-order valence-corrected chi connectivity index (χ2v) is 6.88. The third-order valence-corrected chi connectivity index (χ3v) is 4.35. The Labute approximate surface area is 156 Å². The van der Waals surface area contributed by atoms with Gasteiger partial charge in [0.15, 0.2) is 0 Å². The van der Waals surface area contributed by atoms with Crippen molar-refractivity contribution in [1.29, 1.82) is 0 Å². The fourth-order valence-corrected chi connectivity index (χ4v) is 3.06. The normalized spacial score (nSPS) is 10.5. The van der Waals surface area contributed by atoms with Crippen LogP contribution in [0.5, 0.6) is 0 Å². The molecular formula is C20H21BrN4. The van der Waals surface area contributed by atoms with Crippen molar-refractivity contribution in [3.05, 3.63) is 75.9 Å². The fourth-order valence-electron chi connectivity index (χ4n) is 2.58. The van der Waals surface area contributed by atoms with Crippen molar-refractivity contribution in [3.63, 3.8) is 0 Å². The van der Waals surface area contributed by atoms with E-state index in [1.54, 1.807) is 0 Å². The summed E-state index contributed by atoms with van der Waals surface area (Å²) in [5.41, 5.74) is 4.38. The van der Waals surface area contributed by atoms with E-state index in [4.69, 9.17) is 0 Å². The largest absolute Gasteiger partial charge is 0.370 e. The molecule has 4 nitrogen and oxygen atoms in total. The fraction of sp³-hybridized carbons (Fsp3) is 0.200. The minimum absolute atomic E-state index is 0.604. The molecule has 25 heavy (non-hydrogen) atoms. The lowest BCUT2D eigenvalue weighted by Crippen LogP contribution is -2.09. The van der Waals surface area contributed by atoms with E-state index in [1.165, 1.54) is 5.56 Å². The average Bonchev–Trinajstić information content (AvgIpc) is 2.58. The predicted octanol–water partition coefficient (Wildman–Crippen LogP) is 5.25. The van der Waals surface area contributed by atoms with Crippen LogP contribution in [0.1, 0.15) is 16.8 Å². The van der Waals surface area contributed by atoms with Gasteiger partial charge in [0.1, 0.15) is 5.82 Å². The van der Waals surface area contributed by atoms with Gasteiger partial charge < -0.3 is 10.6 Å². The first-order valence-corrected chi connectivity index (χ1v) is 9.06. The lowest BCUT2D eigenvalue weighted by atomic mass is 10.1. The van der Waals surface area contributed by atoms with Gasteiger partial charge in [-0.2, -0.15) is 4.98 Å². The summed E-state index contributed by atoms with van der Waals surface area (Å²) in [7, 11) is 0. The van der Waals surface area contributed by atoms with Gasteiger partial charge in [0.05, 0.1) is 0 Å². The van der Waals surface area contributed by atoms with Crippen molar-refractivity contribution in [3.8, 4) is 0 Å². The number of anilines is 3. The molecule has 0 aliphatic carbocycles. The highest BCUT2D eigenvalue weighted by atomic mass is 79.9. The second-order valence-electron chi connectivity index (χ2n) is 5.96. The van der Waals surface area contributed by atoms with Gasteiger partial charge in [-0.3, -0.25) is 0 Å². The molecular weight excluding hydrogens is 376 g/mol. The highest BCUT2D eigenvalue weighted by Gasteiger charge is 2.05. The van der Waals surface area contributed by atoms with Gasteiger partial charge in [-0.05, 0) is 49.6 Å². The Morgan fingerprint density at radius 1 is 0.960 bits per heavy atom. The van der Waals surface area contributed by atoms with Gasteiger partial charge >= 0.3 is 0 Å². The Hall–Kier alpha value is -2.40. The van der Waals surface area contributed by atoms with Crippen molar-refractivity contribution in [1.82, 2.24) is 9.97 Å². The van der Waals surface area contributed by atoms with Crippen molar-refractivity contribution < 1.29 is 0 Å². The molecule has 0 saturated carbocycles. The Morgan fingerprint density at radius 3 is 2.52 bits per heavy atom. The Bertz CT molecular complexity index is 850. The standard InChI is InChI=1S/C20H21BrN4/c1-14-12-17(21)8-9-18(14)24-20-23-15(2)13-19(25-20)22-11-10-16-6-4-3-5-7-16/h3-9,12-13H,10-11H2,1-2H3,(H2,22,23,24,25). The summed E-state index contributed by atoms with van der Waals surface area (Å²) in [4.78, 5) is 9.06. The summed E-state index contributed by atoms with van der Waals surface area (Å²) < 4.78 is 1.06. The number of aromatic nitrogens is 2. The van der Waals surface area contributed by atoms with Crippen LogP contribution in [-0.2, 0) is 6.42 Å². The van der Waals surface area contributed by atoms with E-state index in [-0.39, 0.29) is 0 Å². The van der Waals surface area contributed by atoms with E-state index in [9.17, 15) is 0 Å². The SMILES string of the molecule is Cc1cc(NCCc2ccccc2)nc(Nc2ccc(Br)cc2C)n1. The number of hydrogen-bond acceptors (Lipinski definition) is 4. The molecule has 1 heterocycles. The molecule has 0 spiro atoms. The summed E-state index contributed by atoms with van der Waals surface area (Å²) in [6.07, 6.45) is 0.957. The minimum atomic E-state index is 0.604. The van der Waals surface area contributed by atoms with Crippen molar-refractivity contribution in [2.45, 2.75) is 20.3 Å². The van der Waals surface area contributed by atoms with E-state index < -0.39 is 0 Å². The summed E-state index contributed by atoms with van der Waals surface area (Å²) in [6, 6.07) is 18.5. The number of aryl methyl sites for hydroxylation is 2. The van der Waals surface area contributed by atoms with Crippen molar-refractivity contribution in [2.75, 3.05) is 17.2 Å². The van der Waals surface area contributed by atoms with Crippen LogP contribution in [0.15, 0.2) is 59.1 Å². The molecule has 0 aliphatic rings. The van der Waals surface area contributed by atoms with Crippen LogP contribution in [0.4, 0.5) is 17.5 Å². The average molecular weight is 397 g/mol. The summed E-state index contributed by atoms with van der Waals surface area (Å²) in [6.45, 7) is 4.86. The van der Waals surface area contributed by atoms with Crippen LogP contribution in [0.25, 0.3) is 0 Å². The zero-order chi connectivity index (χ0) is 17.6. The van der Waals surface area contributed by atoms with Gasteiger partial charge in [0.2, 0.25) is 5.95 Å². The van der Waals surface area contributed by atoms with E-state index in [1.807, 2.05) is 31.2 Å². The monoisotopic (exact) mass is 396 g/mol. The van der Waals surface area contributed by atoms with E-state index >= 15 is 0 Å². The van der Waals surface area contributed by atoms with Crippen LogP contribution < -0.4 is 10.6 Å². The number of nitrogens with zero attached hydrogens (tertiary/aromatic N) is 2. The molecule has 2 aromatic carbocycles. The van der Waals surface area contributed by atoms with Crippen LogP contribution in [0.3, 0.4) is 0 Å². The summed E-state index contributed by atoms with van der Waals surface area (Å²) in [5, 5.41) is 6.69. The van der Waals surface area contributed by atoms with Crippen LogP contribution >= 0.6 is 15.9 Å². The smallest absolute Gasteiger partial charge is 0.229 e. The highest BCUT2D eigenvalue weighted by Crippen LogP contribution is 2.23. The van der Waals surface area contributed by atoms with Crippen molar-refractivity contribution >= 4 is 33.4 Å². The number of nitrogens with one attached hydrogen (secondary N) is 2. The van der Waals surface area contributed by atoms with Gasteiger partial charge in [-0.15, -0.1) is 0 Å². The molecule has 0 saturated heterocycles. The molecule has 5 heteroatoms. The zero-order valence-corrected chi connectivity index (χ0v) is 16.0. The molecule has 0 fully saturated rings. The Kier molecular flexibility index (Phi) is 5.66. The number of benzene rings is 2. The molecule has 128 valence electrons. The van der Waals surface area contributed by atoms with Crippen LogP contribution in [0, 0.1) is 13.8 Å². The maximum absolute atomic E-state index is 4.58. The molecule has 1 aromatic heterocycles. The lowest BCUT2D eigenvalue weighted by Gasteiger charge is -2.12. The molecule has 3 rings (SSSR count). The van der Waals surface area contributed by atoms with Gasteiger partial charge in [-0.25, -0.2) is 4.98 Å². The van der Waals surface area contributed by atoms with Gasteiger partial charge in [-0.1, -0.05) is 46.3 Å². The Balaban J connectivity index is 1.67. The van der Waals surface area contributed by atoms with E-state index in [0.29, 0.717) is 5.95 Å². The van der Waals surface area contributed by atoms with Gasteiger partial charge in [0.25, 0.3) is 0 Å². The topological polar surface area (TPSA) is 49.8 Å². The summed E-state index contributed by atoms with van der Waals surface area (Å²) >= 11 is 3.48. The minimum Gasteiger partial charge on any atom is -0.370 e. The molecule has 0 unspecified atom stereocenters. The maximum atomic E-state index is 4.58. The number of halogens is 1. The molecule has 0 radical (unpaired) electrons. The highest BCUT2D eigenvalue weighted by molar-refractivity contribution is 9.10. The quantitative estimate of drug-likeness (QED) is 0.596. The van der Waals surface area contributed by atoms with Crippen LogP contribution in [0.2, 0.25) is 0 Å². The van der Waals surface area contributed by atoms with Crippen molar-refractivity contribution in [2.24, 2.45) is 0 Å². The molecule has 0 bridgehead atoms. The molecule has 0 atom stereocenters. The third-order valence-electron chi connectivity index (χ3n) is 3.85. The molecule has 3 aromatic rings. The first-order valence-electron chi connectivity index (χ1n) is 8.27. The molecule has 0 amide bonds. The molecule has 0 aliphatic heterocycles. The van der Waals surface area contributed by atoms with E-state index in [2.05, 4.69) is 73.8 Å². The van der Waals surface area contributed by atoms with Gasteiger partial charge in [0, 0.05) is 28.5 Å². The third kappa shape index (κ3) is 5.03. The maximum Gasteiger partial charge on any atom is 0.229 e. The zero-order valence-electron chi connectivity index (χ0n) is 14.4. The second kappa shape index (κ2) is 8.12. The Morgan fingerprint density at radius 2 is 1.76 bits per heavy atom. The van der Waals surface area contributed by atoms with Crippen LogP contribution in [-0.4, -0.2) is 16.5 Å². The van der Waals surface area contributed by atoms with E-state index in [0.717, 1.165) is 40.2 Å². The predicted molar refractivity (Wildman–Crippen MR) is 108 cm³/mol.